The van der Waals surface area contributed by atoms with Crippen molar-refractivity contribution in [1.82, 2.24) is 0 Å². The van der Waals surface area contributed by atoms with Crippen LogP contribution in [0.3, 0.4) is 0 Å². The van der Waals surface area contributed by atoms with E-state index >= 15 is 0 Å². The monoisotopic (exact) mass is 253 g/mol. The zero-order valence-corrected chi connectivity index (χ0v) is 10.9. The van der Waals surface area contributed by atoms with E-state index in [4.69, 9.17) is 5.73 Å². The van der Waals surface area contributed by atoms with Crippen LogP contribution in [-0.4, -0.2) is 0 Å². The molecule has 2 aromatic rings. The fourth-order valence-corrected chi connectivity index (χ4v) is 2.35. The van der Waals surface area contributed by atoms with Crippen LogP contribution in [-0.2, 0) is 6.42 Å². The van der Waals surface area contributed by atoms with Gasteiger partial charge in [0.2, 0.25) is 0 Å². The molecule has 86 valence electrons. The Hall–Kier alpha value is -0.830. The van der Waals surface area contributed by atoms with Crippen LogP contribution in [0.5, 0.6) is 0 Å². The first-order chi connectivity index (χ1) is 7.31. The molecule has 1 atom stereocenters. The minimum atomic E-state index is 0. The third-order valence-corrected chi connectivity index (χ3v) is 3.55. The molecule has 1 aromatic heterocycles. The van der Waals surface area contributed by atoms with Crippen LogP contribution in [0.15, 0.2) is 41.8 Å². The van der Waals surface area contributed by atoms with Crippen molar-refractivity contribution in [3.05, 3.63) is 57.8 Å². The van der Waals surface area contributed by atoms with Crippen LogP contribution >= 0.6 is 23.7 Å². The maximum absolute atomic E-state index is 6.16. The van der Waals surface area contributed by atoms with Crippen LogP contribution in [0.2, 0.25) is 0 Å². The van der Waals surface area contributed by atoms with Crippen molar-refractivity contribution in [2.45, 2.75) is 19.4 Å². The highest BCUT2D eigenvalue weighted by molar-refractivity contribution is 7.10. The van der Waals surface area contributed by atoms with Crippen LogP contribution in [0.25, 0.3) is 0 Å². The molecule has 16 heavy (non-hydrogen) atoms. The Morgan fingerprint density at radius 1 is 1.19 bits per heavy atom. The molecule has 0 spiro atoms. The molecule has 1 nitrogen and oxygen atoms in total. The Kier molecular flexibility index (Phi) is 5.00. The highest BCUT2D eigenvalue weighted by Crippen LogP contribution is 2.23. The number of nitrogens with two attached hydrogens (primary N) is 1. The summed E-state index contributed by atoms with van der Waals surface area (Å²) in [7, 11) is 0. The van der Waals surface area contributed by atoms with Gasteiger partial charge in [-0.2, -0.15) is 0 Å². The Morgan fingerprint density at radius 3 is 2.38 bits per heavy atom. The topological polar surface area (TPSA) is 26.0 Å². The van der Waals surface area contributed by atoms with Gasteiger partial charge in [0.05, 0.1) is 6.04 Å². The molecule has 0 amide bonds. The lowest BCUT2D eigenvalue weighted by atomic mass is 10.0. The van der Waals surface area contributed by atoms with Gasteiger partial charge in [0.1, 0.15) is 0 Å². The summed E-state index contributed by atoms with van der Waals surface area (Å²) in [5.41, 5.74) is 8.71. The molecule has 1 heterocycles. The van der Waals surface area contributed by atoms with Crippen LogP contribution < -0.4 is 5.73 Å². The molecule has 0 unspecified atom stereocenters. The standard InChI is InChI=1S/C13H15NS.ClH/c1-2-10-5-7-11(8-6-10)13(14)12-4-3-9-15-12;/h3-9,13H,2,14H2,1H3;1H/t13-;/m1./s1. The summed E-state index contributed by atoms with van der Waals surface area (Å²) < 4.78 is 0. The van der Waals surface area contributed by atoms with E-state index in [1.54, 1.807) is 11.3 Å². The first kappa shape index (κ1) is 13.2. The van der Waals surface area contributed by atoms with E-state index in [1.165, 1.54) is 16.0 Å². The van der Waals surface area contributed by atoms with E-state index in [2.05, 4.69) is 42.6 Å². The van der Waals surface area contributed by atoms with E-state index in [1.807, 2.05) is 6.07 Å². The van der Waals surface area contributed by atoms with Gasteiger partial charge in [0.25, 0.3) is 0 Å². The number of thiophene rings is 1. The summed E-state index contributed by atoms with van der Waals surface area (Å²) in [5, 5.41) is 2.07. The van der Waals surface area contributed by atoms with Crippen LogP contribution in [0.1, 0.15) is 29.0 Å². The number of rotatable bonds is 3. The van der Waals surface area contributed by atoms with Crippen molar-refractivity contribution in [2.75, 3.05) is 0 Å². The molecule has 0 bridgehead atoms. The number of aryl methyl sites for hydroxylation is 1. The third-order valence-electron chi connectivity index (χ3n) is 2.60. The van der Waals surface area contributed by atoms with Crippen molar-refractivity contribution in [3.8, 4) is 0 Å². The van der Waals surface area contributed by atoms with Gasteiger partial charge >= 0.3 is 0 Å². The largest absolute Gasteiger partial charge is 0.320 e. The van der Waals surface area contributed by atoms with Crippen molar-refractivity contribution < 1.29 is 0 Å². The van der Waals surface area contributed by atoms with Gasteiger partial charge in [-0.05, 0) is 29.0 Å². The van der Waals surface area contributed by atoms with Crippen molar-refractivity contribution in [1.29, 1.82) is 0 Å². The molecule has 0 saturated heterocycles. The molecule has 0 fully saturated rings. The maximum atomic E-state index is 6.16. The van der Waals surface area contributed by atoms with Gasteiger partial charge in [-0.15, -0.1) is 23.7 Å². The van der Waals surface area contributed by atoms with Gasteiger partial charge in [-0.25, -0.2) is 0 Å². The lowest BCUT2D eigenvalue weighted by Gasteiger charge is -2.10. The molecule has 0 aliphatic heterocycles. The normalized spacial score (nSPS) is 11.9. The third kappa shape index (κ3) is 2.85. The summed E-state index contributed by atoms with van der Waals surface area (Å²) in [5.74, 6) is 0. The average Bonchev–Trinajstić information content (AvgIpc) is 2.82. The summed E-state index contributed by atoms with van der Waals surface area (Å²) in [4.78, 5) is 1.22. The second-order valence-corrected chi connectivity index (χ2v) is 4.57. The van der Waals surface area contributed by atoms with Crippen molar-refractivity contribution >= 4 is 23.7 Å². The second-order valence-electron chi connectivity index (χ2n) is 3.59. The zero-order valence-electron chi connectivity index (χ0n) is 9.22. The first-order valence-corrected chi connectivity index (χ1v) is 6.07. The lowest BCUT2D eigenvalue weighted by molar-refractivity contribution is 0.891. The van der Waals surface area contributed by atoms with E-state index < -0.39 is 0 Å². The fraction of sp³-hybridized carbons (Fsp3) is 0.231. The Morgan fingerprint density at radius 2 is 1.88 bits per heavy atom. The highest BCUT2D eigenvalue weighted by atomic mass is 35.5. The van der Waals surface area contributed by atoms with Crippen LogP contribution in [0.4, 0.5) is 0 Å². The quantitative estimate of drug-likeness (QED) is 0.885. The molecule has 0 radical (unpaired) electrons. The molecular formula is C13H16ClNS. The number of hydrogen-bond donors (Lipinski definition) is 1. The van der Waals surface area contributed by atoms with Gasteiger partial charge in [-0.3, -0.25) is 0 Å². The average molecular weight is 254 g/mol. The Bertz CT molecular complexity index is 408. The predicted molar refractivity (Wildman–Crippen MR) is 73.4 cm³/mol. The summed E-state index contributed by atoms with van der Waals surface area (Å²) in [6, 6.07) is 12.7. The summed E-state index contributed by atoms with van der Waals surface area (Å²) in [6.07, 6.45) is 1.08. The molecule has 3 heteroatoms. The smallest absolute Gasteiger partial charge is 0.0645 e. The number of hydrogen-bond acceptors (Lipinski definition) is 2. The zero-order chi connectivity index (χ0) is 10.7. The van der Waals surface area contributed by atoms with E-state index in [0.717, 1.165) is 6.42 Å². The SMILES string of the molecule is CCc1ccc([C@@H](N)c2cccs2)cc1.Cl. The van der Waals surface area contributed by atoms with E-state index in [0.29, 0.717) is 0 Å². The van der Waals surface area contributed by atoms with Gasteiger partial charge in [-0.1, -0.05) is 37.3 Å². The molecular weight excluding hydrogens is 238 g/mol. The van der Waals surface area contributed by atoms with Crippen LogP contribution in [0, 0.1) is 0 Å². The van der Waals surface area contributed by atoms with Gasteiger partial charge in [0.15, 0.2) is 0 Å². The first-order valence-electron chi connectivity index (χ1n) is 5.19. The number of halogens is 1. The predicted octanol–water partition coefficient (Wildman–Crippen LogP) is 3.78. The van der Waals surface area contributed by atoms with E-state index in [-0.39, 0.29) is 18.4 Å². The Labute approximate surface area is 107 Å². The summed E-state index contributed by atoms with van der Waals surface area (Å²) in [6.45, 7) is 2.16. The maximum Gasteiger partial charge on any atom is 0.0645 e. The van der Waals surface area contributed by atoms with Crippen molar-refractivity contribution in [2.24, 2.45) is 5.73 Å². The Balaban J connectivity index is 0.00000128. The molecule has 0 aliphatic carbocycles. The minimum absolute atomic E-state index is 0. The van der Waals surface area contributed by atoms with Gasteiger partial charge in [0, 0.05) is 4.88 Å². The fourth-order valence-electron chi connectivity index (χ4n) is 1.59. The molecule has 2 rings (SSSR count). The molecule has 2 N–H and O–H groups in total. The van der Waals surface area contributed by atoms with Crippen molar-refractivity contribution in [3.63, 3.8) is 0 Å². The molecule has 0 saturated carbocycles. The van der Waals surface area contributed by atoms with E-state index in [9.17, 15) is 0 Å². The summed E-state index contributed by atoms with van der Waals surface area (Å²) >= 11 is 1.71. The number of benzene rings is 1. The minimum Gasteiger partial charge on any atom is -0.320 e. The van der Waals surface area contributed by atoms with Gasteiger partial charge < -0.3 is 5.73 Å². The highest BCUT2D eigenvalue weighted by Gasteiger charge is 2.08. The second kappa shape index (κ2) is 6.04. The molecule has 1 aromatic carbocycles. The lowest BCUT2D eigenvalue weighted by Crippen LogP contribution is -2.09. The molecule has 0 aliphatic rings.